The fourth-order valence-electron chi connectivity index (χ4n) is 1.28. The molecule has 0 bridgehead atoms. The van der Waals surface area contributed by atoms with Gasteiger partial charge in [0.25, 0.3) is 0 Å². The number of hydrogen-bond donors (Lipinski definition) is 1. The van der Waals surface area contributed by atoms with Crippen molar-refractivity contribution in [2.75, 3.05) is 27.6 Å². The summed E-state index contributed by atoms with van der Waals surface area (Å²) in [7, 11) is 3.19. The Bertz CT molecular complexity index is 302. The quantitative estimate of drug-likeness (QED) is 0.718. The molecule has 0 radical (unpaired) electrons. The van der Waals surface area contributed by atoms with Crippen LogP contribution in [-0.4, -0.2) is 27.6 Å². The third kappa shape index (κ3) is 3.42. The molecule has 4 heteroatoms. The van der Waals surface area contributed by atoms with E-state index in [1.807, 2.05) is 18.2 Å². The molecular weight excluding hydrogens is 194 g/mol. The molecular formula is C11H17NO3. The molecule has 0 saturated carbocycles. The first kappa shape index (κ1) is 11.8. The number of hydrogen-bond acceptors (Lipinski definition) is 4. The molecule has 0 atom stereocenters. The molecule has 0 aromatic heterocycles. The van der Waals surface area contributed by atoms with Crippen molar-refractivity contribution in [1.82, 2.24) is 0 Å². The Balaban J connectivity index is 2.78. The van der Waals surface area contributed by atoms with Gasteiger partial charge in [-0.15, -0.1) is 0 Å². The summed E-state index contributed by atoms with van der Waals surface area (Å²) >= 11 is 0. The fourth-order valence-corrected chi connectivity index (χ4v) is 1.28. The van der Waals surface area contributed by atoms with Crippen LogP contribution in [0.4, 0.5) is 0 Å². The summed E-state index contributed by atoms with van der Waals surface area (Å²) in [4.78, 5) is 0. The van der Waals surface area contributed by atoms with Crippen LogP contribution in [0.2, 0.25) is 0 Å². The van der Waals surface area contributed by atoms with E-state index in [9.17, 15) is 0 Å². The van der Waals surface area contributed by atoms with Crippen LogP contribution in [0.1, 0.15) is 5.56 Å². The van der Waals surface area contributed by atoms with Gasteiger partial charge in [-0.2, -0.15) is 0 Å². The number of methoxy groups -OCH3 is 2. The molecule has 1 aromatic rings. The summed E-state index contributed by atoms with van der Waals surface area (Å²) in [5.74, 6) is 1.39. The van der Waals surface area contributed by atoms with E-state index in [2.05, 4.69) is 0 Å². The van der Waals surface area contributed by atoms with Gasteiger partial charge in [0, 0.05) is 7.11 Å². The van der Waals surface area contributed by atoms with Gasteiger partial charge in [0.1, 0.15) is 0 Å². The van der Waals surface area contributed by atoms with Gasteiger partial charge in [0.2, 0.25) is 0 Å². The summed E-state index contributed by atoms with van der Waals surface area (Å²) in [5, 5.41) is 0. The lowest BCUT2D eigenvalue weighted by atomic mass is 10.1. The molecule has 0 fully saturated rings. The van der Waals surface area contributed by atoms with Crippen LogP contribution in [-0.2, 0) is 11.2 Å². The standard InChI is InChI=1S/C11H17NO3/c1-13-8-15-10-4-3-9(5-6-12)7-11(10)14-2/h3-4,7H,5-6,8,12H2,1-2H3. The number of nitrogens with two attached hydrogens (primary N) is 1. The second-order valence-corrected chi connectivity index (χ2v) is 3.07. The molecule has 1 aromatic carbocycles. The largest absolute Gasteiger partial charge is 0.493 e. The van der Waals surface area contributed by atoms with Gasteiger partial charge in [0.15, 0.2) is 18.3 Å². The molecule has 2 N–H and O–H groups in total. The number of ether oxygens (including phenoxy) is 3. The van der Waals surface area contributed by atoms with Gasteiger partial charge >= 0.3 is 0 Å². The maximum absolute atomic E-state index is 5.48. The highest BCUT2D eigenvalue weighted by atomic mass is 16.7. The van der Waals surface area contributed by atoms with Crippen LogP contribution >= 0.6 is 0 Å². The molecule has 4 nitrogen and oxygen atoms in total. The topological polar surface area (TPSA) is 53.7 Å². The first-order valence-corrected chi connectivity index (χ1v) is 4.80. The van der Waals surface area contributed by atoms with Crippen LogP contribution in [0, 0.1) is 0 Å². The third-order valence-corrected chi connectivity index (χ3v) is 1.99. The van der Waals surface area contributed by atoms with Crippen molar-refractivity contribution in [2.45, 2.75) is 6.42 Å². The van der Waals surface area contributed by atoms with Crippen LogP contribution < -0.4 is 15.2 Å². The van der Waals surface area contributed by atoms with E-state index in [-0.39, 0.29) is 6.79 Å². The Morgan fingerprint density at radius 3 is 2.60 bits per heavy atom. The molecule has 1 rings (SSSR count). The Hall–Kier alpha value is -1.26. The summed E-state index contributed by atoms with van der Waals surface area (Å²) < 4.78 is 15.4. The van der Waals surface area contributed by atoms with Crippen molar-refractivity contribution in [3.63, 3.8) is 0 Å². The van der Waals surface area contributed by atoms with Gasteiger partial charge in [0.05, 0.1) is 7.11 Å². The Morgan fingerprint density at radius 2 is 2.00 bits per heavy atom. The van der Waals surface area contributed by atoms with Crippen LogP contribution in [0.3, 0.4) is 0 Å². The molecule has 0 heterocycles. The molecule has 0 aliphatic heterocycles. The Morgan fingerprint density at radius 1 is 1.20 bits per heavy atom. The fraction of sp³-hybridized carbons (Fsp3) is 0.455. The lowest BCUT2D eigenvalue weighted by Gasteiger charge is -2.11. The normalized spacial score (nSPS) is 10.1. The smallest absolute Gasteiger partial charge is 0.188 e. The second kappa shape index (κ2) is 6.27. The lowest BCUT2D eigenvalue weighted by Crippen LogP contribution is -2.04. The van der Waals surface area contributed by atoms with Gasteiger partial charge < -0.3 is 19.9 Å². The van der Waals surface area contributed by atoms with Crippen molar-refractivity contribution >= 4 is 0 Å². The molecule has 0 aliphatic rings. The van der Waals surface area contributed by atoms with Gasteiger partial charge in [-0.05, 0) is 30.7 Å². The highest BCUT2D eigenvalue weighted by molar-refractivity contribution is 5.42. The molecule has 15 heavy (non-hydrogen) atoms. The molecule has 0 spiro atoms. The van der Waals surface area contributed by atoms with E-state index in [0.717, 1.165) is 12.0 Å². The molecule has 0 saturated heterocycles. The molecule has 0 amide bonds. The monoisotopic (exact) mass is 211 g/mol. The molecule has 0 unspecified atom stereocenters. The molecule has 0 aliphatic carbocycles. The maximum Gasteiger partial charge on any atom is 0.188 e. The Labute approximate surface area is 89.9 Å². The zero-order chi connectivity index (χ0) is 11.1. The van der Waals surface area contributed by atoms with Crippen LogP contribution in [0.5, 0.6) is 11.5 Å². The maximum atomic E-state index is 5.48. The minimum atomic E-state index is 0.215. The van der Waals surface area contributed by atoms with Crippen LogP contribution in [0.25, 0.3) is 0 Å². The van der Waals surface area contributed by atoms with Crippen molar-refractivity contribution in [2.24, 2.45) is 5.73 Å². The van der Waals surface area contributed by atoms with E-state index in [4.69, 9.17) is 19.9 Å². The van der Waals surface area contributed by atoms with Gasteiger partial charge in [-0.1, -0.05) is 6.07 Å². The van der Waals surface area contributed by atoms with Gasteiger partial charge in [-0.3, -0.25) is 0 Å². The number of rotatable bonds is 6. The summed E-state index contributed by atoms with van der Waals surface area (Å²) in [6.45, 7) is 0.841. The highest BCUT2D eigenvalue weighted by Crippen LogP contribution is 2.28. The first-order valence-electron chi connectivity index (χ1n) is 4.80. The zero-order valence-electron chi connectivity index (χ0n) is 9.16. The first-order chi connectivity index (χ1) is 7.31. The van der Waals surface area contributed by atoms with Crippen molar-refractivity contribution in [3.8, 4) is 11.5 Å². The molecule has 84 valence electrons. The van der Waals surface area contributed by atoms with Gasteiger partial charge in [-0.25, -0.2) is 0 Å². The van der Waals surface area contributed by atoms with Crippen molar-refractivity contribution in [1.29, 1.82) is 0 Å². The summed E-state index contributed by atoms with van der Waals surface area (Å²) in [6.07, 6.45) is 0.834. The van der Waals surface area contributed by atoms with Crippen LogP contribution in [0.15, 0.2) is 18.2 Å². The lowest BCUT2D eigenvalue weighted by molar-refractivity contribution is 0.0491. The predicted molar refractivity (Wildman–Crippen MR) is 58.3 cm³/mol. The van der Waals surface area contributed by atoms with E-state index in [1.54, 1.807) is 14.2 Å². The summed E-state index contributed by atoms with van der Waals surface area (Å²) in [6, 6.07) is 5.76. The summed E-state index contributed by atoms with van der Waals surface area (Å²) in [5.41, 5.74) is 6.62. The Kier molecular flexibility index (Phi) is 4.93. The minimum Gasteiger partial charge on any atom is -0.493 e. The van der Waals surface area contributed by atoms with E-state index in [0.29, 0.717) is 18.0 Å². The zero-order valence-corrected chi connectivity index (χ0v) is 9.16. The highest BCUT2D eigenvalue weighted by Gasteiger charge is 2.04. The SMILES string of the molecule is COCOc1ccc(CCN)cc1OC. The average Bonchev–Trinajstić information content (AvgIpc) is 2.27. The van der Waals surface area contributed by atoms with E-state index >= 15 is 0 Å². The second-order valence-electron chi connectivity index (χ2n) is 3.07. The van der Waals surface area contributed by atoms with Crippen molar-refractivity contribution in [3.05, 3.63) is 23.8 Å². The number of benzene rings is 1. The van der Waals surface area contributed by atoms with E-state index in [1.165, 1.54) is 0 Å². The predicted octanol–water partition coefficient (Wildman–Crippen LogP) is 1.18. The average molecular weight is 211 g/mol. The third-order valence-electron chi connectivity index (χ3n) is 1.99. The minimum absolute atomic E-state index is 0.215. The van der Waals surface area contributed by atoms with Crippen molar-refractivity contribution < 1.29 is 14.2 Å². The van der Waals surface area contributed by atoms with E-state index < -0.39 is 0 Å².